The molecule has 2 aromatic heterocycles. The molecule has 2 heterocycles. The molecule has 1 N–H and O–H groups in total. The Morgan fingerprint density at radius 1 is 1.42 bits per heavy atom. The summed E-state index contributed by atoms with van der Waals surface area (Å²) in [6, 6.07) is 3.91. The van der Waals surface area contributed by atoms with Crippen molar-refractivity contribution in [2.75, 3.05) is 11.4 Å². The van der Waals surface area contributed by atoms with Gasteiger partial charge >= 0.3 is 5.97 Å². The maximum atomic E-state index is 11.1. The van der Waals surface area contributed by atoms with E-state index >= 15 is 0 Å². The molecule has 0 aromatic carbocycles. The number of hydrogen-bond donors (Lipinski definition) is 1. The monoisotopic (exact) mass is 260 g/mol. The van der Waals surface area contributed by atoms with Crippen LogP contribution in [0.1, 0.15) is 25.7 Å². The summed E-state index contributed by atoms with van der Waals surface area (Å²) in [4.78, 5) is 17.4. The zero-order chi connectivity index (χ0) is 13.2. The van der Waals surface area contributed by atoms with Crippen LogP contribution in [-0.2, 0) is 4.79 Å². The number of carboxylic acid groups (broad SMARTS) is 1. The second-order valence-corrected chi connectivity index (χ2v) is 4.93. The molecule has 5 heteroatoms. The highest BCUT2D eigenvalue weighted by atomic mass is 16.4. The molecule has 0 spiro atoms. The van der Waals surface area contributed by atoms with Crippen molar-refractivity contribution in [3.8, 4) is 0 Å². The van der Waals surface area contributed by atoms with Gasteiger partial charge in [-0.3, -0.25) is 4.79 Å². The summed E-state index contributed by atoms with van der Waals surface area (Å²) in [5.74, 6) is -0.102. The van der Waals surface area contributed by atoms with Gasteiger partial charge < -0.3 is 14.4 Å². The summed E-state index contributed by atoms with van der Waals surface area (Å²) >= 11 is 0. The molecule has 2 aromatic rings. The van der Waals surface area contributed by atoms with Gasteiger partial charge in [-0.15, -0.1) is 0 Å². The molecule has 1 saturated carbocycles. The summed E-state index contributed by atoms with van der Waals surface area (Å²) in [5.41, 5.74) is 0.749. The van der Waals surface area contributed by atoms with Crippen LogP contribution >= 0.6 is 0 Å². The van der Waals surface area contributed by atoms with Crippen LogP contribution in [0.25, 0.3) is 11.0 Å². The molecule has 0 saturated heterocycles. The lowest BCUT2D eigenvalue weighted by molar-refractivity contribution is -0.135. The molecule has 0 aliphatic heterocycles. The smallest absolute Gasteiger partial charge is 0.323 e. The number of hydrogen-bond acceptors (Lipinski definition) is 4. The first kappa shape index (κ1) is 12.0. The van der Waals surface area contributed by atoms with E-state index in [1.54, 1.807) is 18.5 Å². The minimum Gasteiger partial charge on any atom is -0.480 e. The second-order valence-electron chi connectivity index (χ2n) is 4.93. The molecule has 0 amide bonds. The van der Waals surface area contributed by atoms with E-state index in [9.17, 15) is 4.79 Å². The van der Waals surface area contributed by atoms with Gasteiger partial charge in [0, 0.05) is 12.2 Å². The number of rotatable bonds is 4. The molecule has 1 aliphatic carbocycles. The number of carboxylic acids is 1. The molecule has 0 bridgehead atoms. The Hall–Kier alpha value is -2.04. The maximum Gasteiger partial charge on any atom is 0.323 e. The Bertz CT molecular complexity index is 587. The fraction of sp³-hybridized carbons (Fsp3) is 0.429. The molecule has 19 heavy (non-hydrogen) atoms. The van der Waals surface area contributed by atoms with Crippen LogP contribution in [-0.4, -0.2) is 28.6 Å². The number of fused-ring (bicyclic) bond motifs is 1. The molecule has 0 radical (unpaired) electrons. The van der Waals surface area contributed by atoms with Crippen molar-refractivity contribution in [3.05, 3.63) is 24.6 Å². The van der Waals surface area contributed by atoms with Crippen LogP contribution in [0.5, 0.6) is 0 Å². The van der Waals surface area contributed by atoms with Gasteiger partial charge in [0.05, 0.1) is 11.6 Å². The van der Waals surface area contributed by atoms with E-state index in [-0.39, 0.29) is 12.6 Å². The Morgan fingerprint density at radius 2 is 2.21 bits per heavy atom. The largest absolute Gasteiger partial charge is 0.480 e. The van der Waals surface area contributed by atoms with Gasteiger partial charge in [0.15, 0.2) is 0 Å². The second kappa shape index (κ2) is 4.91. The lowest BCUT2D eigenvalue weighted by atomic mass is 10.2. The molecule has 1 fully saturated rings. The van der Waals surface area contributed by atoms with E-state index in [4.69, 9.17) is 9.52 Å². The summed E-state index contributed by atoms with van der Waals surface area (Å²) in [5, 5.41) is 10.0. The zero-order valence-corrected chi connectivity index (χ0v) is 10.6. The summed E-state index contributed by atoms with van der Waals surface area (Å²) in [7, 11) is 0. The molecular formula is C14H16N2O3. The standard InChI is InChI=1S/C14H16N2O3/c17-13(18)9-16(10-3-1-2-4-10)14-11-6-8-19-12(11)5-7-15-14/h5-8,10H,1-4,9H2,(H,17,18). The van der Waals surface area contributed by atoms with Crippen molar-refractivity contribution in [2.24, 2.45) is 0 Å². The van der Waals surface area contributed by atoms with Gasteiger partial charge in [-0.25, -0.2) is 4.98 Å². The van der Waals surface area contributed by atoms with E-state index < -0.39 is 5.97 Å². The minimum absolute atomic E-state index is 0.0119. The van der Waals surface area contributed by atoms with Crippen LogP contribution in [0.3, 0.4) is 0 Å². The van der Waals surface area contributed by atoms with Crippen LogP contribution in [0.4, 0.5) is 5.82 Å². The van der Waals surface area contributed by atoms with E-state index in [1.807, 2.05) is 11.0 Å². The quantitative estimate of drug-likeness (QED) is 0.915. The van der Waals surface area contributed by atoms with Crippen LogP contribution in [0, 0.1) is 0 Å². The number of pyridine rings is 1. The number of nitrogens with zero attached hydrogens (tertiary/aromatic N) is 2. The average molecular weight is 260 g/mol. The highest BCUT2D eigenvalue weighted by molar-refractivity contribution is 5.90. The third kappa shape index (κ3) is 2.28. The van der Waals surface area contributed by atoms with Gasteiger partial charge in [-0.2, -0.15) is 0 Å². The highest BCUT2D eigenvalue weighted by Crippen LogP contribution is 2.31. The van der Waals surface area contributed by atoms with Gasteiger partial charge in [0.25, 0.3) is 0 Å². The van der Waals surface area contributed by atoms with Gasteiger partial charge in [-0.1, -0.05) is 12.8 Å². The maximum absolute atomic E-state index is 11.1. The van der Waals surface area contributed by atoms with E-state index in [2.05, 4.69) is 4.98 Å². The van der Waals surface area contributed by atoms with Crippen LogP contribution in [0.2, 0.25) is 0 Å². The predicted molar refractivity (Wildman–Crippen MR) is 71.2 cm³/mol. The van der Waals surface area contributed by atoms with Gasteiger partial charge in [-0.05, 0) is 25.0 Å². The van der Waals surface area contributed by atoms with Crippen molar-refractivity contribution in [3.63, 3.8) is 0 Å². The molecule has 1 aliphatic rings. The number of carbonyl (C=O) groups is 1. The number of aromatic nitrogens is 1. The topological polar surface area (TPSA) is 66.6 Å². The van der Waals surface area contributed by atoms with Crippen molar-refractivity contribution < 1.29 is 14.3 Å². The third-order valence-electron chi connectivity index (χ3n) is 3.70. The van der Waals surface area contributed by atoms with Crippen molar-refractivity contribution in [2.45, 2.75) is 31.7 Å². The highest BCUT2D eigenvalue weighted by Gasteiger charge is 2.27. The Kier molecular flexibility index (Phi) is 3.11. The molecule has 5 nitrogen and oxygen atoms in total. The lowest BCUT2D eigenvalue weighted by Gasteiger charge is -2.28. The Labute approximate surface area is 110 Å². The summed E-state index contributed by atoms with van der Waals surface area (Å²) in [6.07, 6.45) is 7.66. The molecule has 0 atom stereocenters. The van der Waals surface area contributed by atoms with Crippen LogP contribution < -0.4 is 4.90 Å². The number of furan rings is 1. The molecular weight excluding hydrogens is 244 g/mol. The summed E-state index contributed by atoms with van der Waals surface area (Å²) < 4.78 is 5.36. The molecule has 0 unspecified atom stereocenters. The Morgan fingerprint density at radius 3 is 2.95 bits per heavy atom. The van der Waals surface area contributed by atoms with E-state index in [0.29, 0.717) is 0 Å². The van der Waals surface area contributed by atoms with Crippen LogP contribution in [0.15, 0.2) is 29.0 Å². The first-order chi connectivity index (χ1) is 9.25. The number of aliphatic carboxylic acids is 1. The first-order valence-electron chi connectivity index (χ1n) is 6.56. The fourth-order valence-electron chi connectivity index (χ4n) is 2.85. The number of anilines is 1. The molecule has 100 valence electrons. The van der Waals surface area contributed by atoms with Gasteiger partial charge in [0.2, 0.25) is 0 Å². The predicted octanol–water partition coefficient (Wildman–Crippen LogP) is 2.66. The minimum atomic E-state index is -0.825. The average Bonchev–Trinajstić information content (AvgIpc) is 3.05. The normalized spacial score (nSPS) is 16.0. The SMILES string of the molecule is O=C(O)CN(c1nccc2occc12)C1CCCC1. The van der Waals surface area contributed by atoms with Crippen molar-refractivity contribution >= 4 is 22.8 Å². The zero-order valence-electron chi connectivity index (χ0n) is 10.6. The van der Waals surface area contributed by atoms with E-state index in [0.717, 1.165) is 42.5 Å². The fourth-order valence-corrected chi connectivity index (χ4v) is 2.85. The summed E-state index contributed by atoms with van der Waals surface area (Å²) in [6.45, 7) is -0.0119. The van der Waals surface area contributed by atoms with Crippen molar-refractivity contribution in [1.29, 1.82) is 0 Å². The van der Waals surface area contributed by atoms with E-state index in [1.165, 1.54) is 0 Å². The third-order valence-corrected chi connectivity index (χ3v) is 3.70. The lowest BCUT2D eigenvalue weighted by Crippen LogP contribution is -2.38. The van der Waals surface area contributed by atoms with Crippen molar-refractivity contribution in [1.82, 2.24) is 4.98 Å². The Balaban J connectivity index is 2.02. The van der Waals surface area contributed by atoms with Gasteiger partial charge in [0.1, 0.15) is 17.9 Å². The molecule has 3 rings (SSSR count). The first-order valence-corrected chi connectivity index (χ1v) is 6.56.